The molecule has 100 valence electrons. The molecule has 5 nitrogen and oxygen atoms in total. The van der Waals surface area contributed by atoms with Crippen molar-refractivity contribution in [1.82, 2.24) is 20.0 Å². The second-order valence-electron chi connectivity index (χ2n) is 5.89. The van der Waals surface area contributed by atoms with Gasteiger partial charge >= 0.3 is 0 Å². The number of nitrogens with one attached hydrogen (secondary N) is 1. The van der Waals surface area contributed by atoms with Crippen molar-refractivity contribution in [2.75, 3.05) is 19.6 Å². The first kappa shape index (κ1) is 13.1. The zero-order chi connectivity index (χ0) is 13.3. The summed E-state index contributed by atoms with van der Waals surface area (Å²) in [5.74, 6) is 0.219. The first-order valence-electron chi connectivity index (χ1n) is 6.40. The normalized spacial score (nSPS) is 21.1. The molecule has 0 aliphatic carbocycles. The summed E-state index contributed by atoms with van der Waals surface area (Å²) >= 11 is 0. The van der Waals surface area contributed by atoms with Gasteiger partial charge in [-0.3, -0.25) is 9.48 Å². The third-order valence-corrected chi connectivity index (χ3v) is 3.32. The highest BCUT2D eigenvalue weighted by molar-refractivity contribution is 5.81. The largest absolute Gasteiger partial charge is 0.339 e. The molecule has 1 saturated heterocycles. The summed E-state index contributed by atoms with van der Waals surface area (Å²) in [5.41, 5.74) is 0.815. The van der Waals surface area contributed by atoms with E-state index in [-0.39, 0.29) is 17.4 Å². The minimum Gasteiger partial charge on any atom is -0.339 e. The van der Waals surface area contributed by atoms with Gasteiger partial charge in [0, 0.05) is 38.3 Å². The van der Waals surface area contributed by atoms with Gasteiger partial charge < -0.3 is 10.2 Å². The standard InChI is InChI=1S/C13H22N4O/c1-13(2,3)12(18)17-8-7-14-10(9-17)11-5-6-15-16(11)4/h5-6,10,14H,7-9H2,1-4H3. The van der Waals surface area contributed by atoms with Crippen LogP contribution >= 0.6 is 0 Å². The minimum absolute atomic E-state index is 0.178. The van der Waals surface area contributed by atoms with E-state index >= 15 is 0 Å². The summed E-state index contributed by atoms with van der Waals surface area (Å²) in [5, 5.41) is 7.63. The van der Waals surface area contributed by atoms with Crippen molar-refractivity contribution in [1.29, 1.82) is 0 Å². The minimum atomic E-state index is -0.311. The average molecular weight is 250 g/mol. The van der Waals surface area contributed by atoms with Gasteiger partial charge in [-0.25, -0.2) is 0 Å². The maximum atomic E-state index is 12.3. The van der Waals surface area contributed by atoms with E-state index in [1.54, 1.807) is 6.20 Å². The van der Waals surface area contributed by atoms with E-state index in [4.69, 9.17) is 0 Å². The molecule has 18 heavy (non-hydrogen) atoms. The molecule has 1 aromatic rings. The maximum absolute atomic E-state index is 12.3. The Labute approximate surface area is 108 Å². The Kier molecular flexibility index (Phi) is 3.43. The van der Waals surface area contributed by atoms with Crippen LogP contribution in [0.1, 0.15) is 32.5 Å². The van der Waals surface area contributed by atoms with E-state index in [0.717, 1.165) is 25.3 Å². The molecular formula is C13H22N4O. The number of nitrogens with zero attached hydrogens (tertiary/aromatic N) is 3. The molecule has 1 unspecified atom stereocenters. The lowest BCUT2D eigenvalue weighted by molar-refractivity contribution is -0.140. The lowest BCUT2D eigenvalue weighted by Crippen LogP contribution is -2.51. The lowest BCUT2D eigenvalue weighted by Gasteiger charge is -2.37. The van der Waals surface area contributed by atoms with Crippen molar-refractivity contribution >= 4 is 5.91 Å². The van der Waals surface area contributed by atoms with Crippen LogP contribution in [0.4, 0.5) is 0 Å². The van der Waals surface area contributed by atoms with Crippen LogP contribution in [-0.2, 0) is 11.8 Å². The molecule has 1 aliphatic rings. The smallest absolute Gasteiger partial charge is 0.228 e. The van der Waals surface area contributed by atoms with E-state index < -0.39 is 0 Å². The number of rotatable bonds is 1. The van der Waals surface area contributed by atoms with Gasteiger partial charge in [0.15, 0.2) is 0 Å². The van der Waals surface area contributed by atoms with Crippen LogP contribution in [0.5, 0.6) is 0 Å². The molecular weight excluding hydrogens is 228 g/mol. The van der Waals surface area contributed by atoms with Crippen LogP contribution in [0.25, 0.3) is 0 Å². The van der Waals surface area contributed by atoms with Crippen molar-refractivity contribution in [2.24, 2.45) is 12.5 Å². The van der Waals surface area contributed by atoms with Gasteiger partial charge in [0.1, 0.15) is 0 Å². The highest BCUT2D eigenvalue weighted by Crippen LogP contribution is 2.22. The zero-order valence-electron chi connectivity index (χ0n) is 11.6. The average Bonchev–Trinajstić information content (AvgIpc) is 2.73. The van der Waals surface area contributed by atoms with Gasteiger partial charge in [0.05, 0.1) is 11.7 Å². The van der Waals surface area contributed by atoms with Gasteiger partial charge in [-0.2, -0.15) is 5.10 Å². The summed E-state index contributed by atoms with van der Waals surface area (Å²) in [7, 11) is 1.93. The number of hydrogen-bond donors (Lipinski definition) is 1. The maximum Gasteiger partial charge on any atom is 0.228 e. The zero-order valence-corrected chi connectivity index (χ0v) is 11.6. The molecule has 2 heterocycles. The third-order valence-electron chi connectivity index (χ3n) is 3.32. The molecule has 1 N–H and O–H groups in total. The number of hydrogen-bond acceptors (Lipinski definition) is 3. The SMILES string of the molecule is Cn1nccc1C1CN(C(=O)C(C)(C)C)CCN1. The van der Waals surface area contributed by atoms with E-state index in [2.05, 4.69) is 10.4 Å². The number of carbonyl (C=O) groups is 1. The third kappa shape index (κ3) is 2.56. The Morgan fingerprint density at radius 2 is 2.22 bits per heavy atom. The molecule has 0 saturated carbocycles. The fourth-order valence-corrected chi connectivity index (χ4v) is 2.33. The second kappa shape index (κ2) is 4.72. The van der Waals surface area contributed by atoms with E-state index in [0.29, 0.717) is 0 Å². The van der Waals surface area contributed by atoms with Crippen LogP contribution in [0, 0.1) is 5.41 Å². The van der Waals surface area contributed by atoms with E-state index in [9.17, 15) is 4.79 Å². The van der Waals surface area contributed by atoms with Gasteiger partial charge in [-0.1, -0.05) is 20.8 Å². The van der Waals surface area contributed by atoms with Crippen molar-refractivity contribution in [3.8, 4) is 0 Å². The summed E-state index contributed by atoms with van der Waals surface area (Å²) in [6.07, 6.45) is 1.79. The molecule has 1 aromatic heterocycles. The van der Waals surface area contributed by atoms with Crippen LogP contribution in [0.2, 0.25) is 0 Å². The number of aryl methyl sites for hydroxylation is 1. The molecule has 1 atom stereocenters. The summed E-state index contributed by atoms with van der Waals surface area (Å²) < 4.78 is 1.86. The first-order chi connectivity index (χ1) is 8.39. The molecule has 0 spiro atoms. The van der Waals surface area contributed by atoms with Crippen LogP contribution in [0.15, 0.2) is 12.3 Å². The number of carbonyl (C=O) groups excluding carboxylic acids is 1. The van der Waals surface area contributed by atoms with Crippen molar-refractivity contribution in [3.05, 3.63) is 18.0 Å². The Bertz CT molecular complexity index is 432. The summed E-state index contributed by atoms with van der Waals surface area (Å²) in [6.45, 7) is 8.24. The Balaban J connectivity index is 2.10. The van der Waals surface area contributed by atoms with E-state index in [1.165, 1.54) is 0 Å². The second-order valence-corrected chi connectivity index (χ2v) is 5.89. The monoisotopic (exact) mass is 250 g/mol. The molecule has 1 amide bonds. The van der Waals surface area contributed by atoms with Gasteiger partial charge in [-0.05, 0) is 6.07 Å². The van der Waals surface area contributed by atoms with Gasteiger partial charge in [0.2, 0.25) is 5.91 Å². The quantitative estimate of drug-likeness (QED) is 0.807. The van der Waals surface area contributed by atoms with Crippen molar-refractivity contribution < 1.29 is 4.79 Å². The molecule has 2 rings (SSSR count). The Morgan fingerprint density at radius 3 is 2.78 bits per heavy atom. The fraction of sp³-hybridized carbons (Fsp3) is 0.692. The molecule has 1 aliphatic heterocycles. The highest BCUT2D eigenvalue weighted by atomic mass is 16.2. The topological polar surface area (TPSA) is 50.2 Å². The summed E-state index contributed by atoms with van der Waals surface area (Å²) in [4.78, 5) is 14.2. The van der Waals surface area contributed by atoms with Crippen LogP contribution in [0.3, 0.4) is 0 Å². The molecule has 1 fully saturated rings. The van der Waals surface area contributed by atoms with Crippen LogP contribution in [-0.4, -0.2) is 40.2 Å². The van der Waals surface area contributed by atoms with Gasteiger partial charge in [0.25, 0.3) is 0 Å². The van der Waals surface area contributed by atoms with Crippen LogP contribution < -0.4 is 5.32 Å². The highest BCUT2D eigenvalue weighted by Gasteiger charge is 2.31. The van der Waals surface area contributed by atoms with Crippen molar-refractivity contribution in [2.45, 2.75) is 26.8 Å². The summed E-state index contributed by atoms with van der Waals surface area (Å²) in [6, 6.07) is 2.18. The first-order valence-corrected chi connectivity index (χ1v) is 6.40. The lowest BCUT2D eigenvalue weighted by atomic mass is 9.94. The Hall–Kier alpha value is -1.36. The number of amides is 1. The predicted molar refractivity (Wildman–Crippen MR) is 70.0 cm³/mol. The molecule has 0 bridgehead atoms. The molecule has 0 aromatic carbocycles. The van der Waals surface area contributed by atoms with Gasteiger partial charge in [-0.15, -0.1) is 0 Å². The number of piperazine rings is 1. The van der Waals surface area contributed by atoms with E-state index in [1.807, 2.05) is 43.5 Å². The number of aromatic nitrogens is 2. The fourth-order valence-electron chi connectivity index (χ4n) is 2.33. The molecule has 5 heteroatoms. The Morgan fingerprint density at radius 1 is 1.50 bits per heavy atom. The molecule has 0 radical (unpaired) electrons. The van der Waals surface area contributed by atoms with Crippen molar-refractivity contribution in [3.63, 3.8) is 0 Å². The predicted octanol–water partition coefficient (Wildman–Crippen LogP) is 0.939.